The third kappa shape index (κ3) is 3.77. The van der Waals surface area contributed by atoms with E-state index in [0.29, 0.717) is 11.4 Å². The number of H-pyrrole nitrogens is 1. The molecule has 4 aliphatic rings. The highest BCUT2D eigenvalue weighted by Crippen LogP contribution is 2.68. The van der Waals surface area contributed by atoms with Gasteiger partial charge in [0.15, 0.2) is 0 Å². The smallest absolute Gasteiger partial charge is 0.305 e. The first-order chi connectivity index (χ1) is 18.8. The molecule has 1 aromatic heterocycles. The van der Waals surface area contributed by atoms with E-state index in [1.165, 1.54) is 12.1 Å². The lowest BCUT2D eigenvalue weighted by atomic mass is 9.68. The van der Waals surface area contributed by atoms with Crippen molar-refractivity contribution in [2.75, 3.05) is 19.0 Å². The summed E-state index contributed by atoms with van der Waals surface area (Å²) in [6, 6.07) is 13.2. The summed E-state index contributed by atoms with van der Waals surface area (Å²) in [4.78, 5) is 57.2. The summed E-state index contributed by atoms with van der Waals surface area (Å²) in [6.45, 7) is -0.333. The Kier molecular flexibility index (Phi) is 5.71. The molecule has 2 aromatic carbocycles. The number of carbonyl (C=O) groups is 3. The van der Waals surface area contributed by atoms with Crippen molar-refractivity contribution >= 4 is 46.5 Å². The van der Waals surface area contributed by atoms with Gasteiger partial charge in [-0.2, -0.15) is 0 Å². The highest BCUT2D eigenvalue weighted by atomic mass is 32.2. The summed E-state index contributed by atoms with van der Waals surface area (Å²) in [7, 11) is 1.55. The summed E-state index contributed by atoms with van der Waals surface area (Å²) in [5.74, 6) is -1.91. The van der Waals surface area contributed by atoms with Gasteiger partial charge in [0.25, 0.3) is 0 Å². The topological polar surface area (TPSA) is 109 Å². The van der Waals surface area contributed by atoms with E-state index in [-0.39, 0.29) is 58.0 Å². The number of amides is 3. The van der Waals surface area contributed by atoms with Crippen molar-refractivity contribution in [1.82, 2.24) is 9.88 Å². The van der Waals surface area contributed by atoms with Crippen molar-refractivity contribution in [3.63, 3.8) is 0 Å². The van der Waals surface area contributed by atoms with Crippen LogP contribution in [0.3, 0.4) is 0 Å². The number of nitrogens with zero attached hydrogens (tertiary/aromatic N) is 1. The molecule has 2 bridgehead atoms. The summed E-state index contributed by atoms with van der Waals surface area (Å²) in [6.07, 6.45) is 0.748. The molecule has 2 N–H and O–H groups in total. The van der Waals surface area contributed by atoms with Crippen molar-refractivity contribution in [1.29, 1.82) is 0 Å². The van der Waals surface area contributed by atoms with Gasteiger partial charge in [-0.3, -0.25) is 24.1 Å². The van der Waals surface area contributed by atoms with Crippen LogP contribution in [-0.4, -0.2) is 46.5 Å². The second kappa shape index (κ2) is 9.06. The zero-order chi connectivity index (χ0) is 27.0. The molecule has 3 aromatic rings. The number of rotatable bonds is 5. The van der Waals surface area contributed by atoms with Crippen LogP contribution in [0.4, 0.5) is 10.1 Å². The monoisotopic (exact) mass is 565 g/mol. The van der Waals surface area contributed by atoms with Crippen LogP contribution < -0.4 is 14.9 Å². The SMILES string of the molecule is COc1ccc(NC(=O)CN2C(=O)C3C4CC(C3C2=O)C2C(c3ccc(F)cc3)c3sc(=O)[nH]c3SC42)cc1. The number of benzene rings is 2. The Bertz CT molecular complexity index is 1550. The third-order valence-corrected chi connectivity index (χ3v) is 11.3. The number of hydrogen-bond donors (Lipinski definition) is 2. The number of nitrogens with one attached hydrogen (secondary N) is 2. The Balaban J connectivity index is 1.17. The van der Waals surface area contributed by atoms with Crippen LogP contribution in [0.15, 0.2) is 58.4 Å². The number of thiazole rings is 1. The van der Waals surface area contributed by atoms with E-state index >= 15 is 0 Å². The standard InChI is InChI=1S/C28H24FN3O5S2/c1-37-15-8-6-14(7-9-15)30-18(33)11-32-26(34)21-16-10-17(22(21)27(32)35)23-20(16)19(12-2-4-13(29)5-3-12)24-25(38-23)31-28(36)39-24/h2-9,16-17,19-23H,10-11H2,1H3,(H,30,33)(H,31,36). The minimum Gasteiger partial charge on any atom is -0.497 e. The maximum Gasteiger partial charge on any atom is 0.305 e. The molecule has 7 rings (SSSR count). The fourth-order valence-electron chi connectivity index (χ4n) is 7.30. The molecule has 7 atom stereocenters. The predicted octanol–water partition coefficient (Wildman–Crippen LogP) is 3.70. The zero-order valence-electron chi connectivity index (χ0n) is 20.8. The Morgan fingerprint density at radius 1 is 1.05 bits per heavy atom. The number of ether oxygens (including phenoxy) is 1. The van der Waals surface area contributed by atoms with E-state index in [1.54, 1.807) is 55.3 Å². The zero-order valence-corrected chi connectivity index (χ0v) is 22.4. The number of likely N-dealkylation sites (tertiary alicyclic amines) is 1. The van der Waals surface area contributed by atoms with Gasteiger partial charge in [-0.15, -0.1) is 11.8 Å². The van der Waals surface area contributed by atoms with Crippen LogP contribution in [0, 0.1) is 35.4 Å². The Labute approximate surface area is 230 Å². The number of thioether (sulfide) groups is 1. The van der Waals surface area contributed by atoms with E-state index in [4.69, 9.17) is 4.74 Å². The van der Waals surface area contributed by atoms with E-state index in [1.807, 2.05) is 0 Å². The molecule has 8 nitrogen and oxygen atoms in total. The van der Waals surface area contributed by atoms with Gasteiger partial charge >= 0.3 is 4.87 Å². The van der Waals surface area contributed by atoms with Crippen LogP contribution in [0.1, 0.15) is 22.8 Å². The van der Waals surface area contributed by atoms with E-state index in [0.717, 1.165) is 38.1 Å². The van der Waals surface area contributed by atoms with Crippen LogP contribution in [0.5, 0.6) is 5.75 Å². The van der Waals surface area contributed by atoms with Crippen molar-refractivity contribution in [2.45, 2.75) is 22.6 Å². The van der Waals surface area contributed by atoms with Crippen LogP contribution in [0.25, 0.3) is 0 Å². The molecule has 2 aliphatic carbocycles. The second-order valence-corrected chi connectivity index (χ2v) is 12.8. The Hall–Kier alpha value is -3.44. The van der Waals surface area contributed by atoms with Gasteiger partial charge in [-0.25, -0.2) is 4.39 Å². The molecule has 0 radical (unpaired) electrons. The minimum atomic E-state index is -0.488. The first-order valence-electron chi connectivity index (χ1n) is 12.8. The molecule has 39 heavy (non-hydrogen) atoms. The predicted molar refractivity (Wildman–Crippen MR) is 143 cm³/mol. The highest BCUT2D eigenvalue weighted by Gasteiger charge is 2.69. The number of aromatic nitrogens is 1. The van der Waals surface area contributed by atoms with Crippen LogP contribution >= 0.6 is 23.1 Å². The fraction of sp³-hybridized carbons (Fsp3) is 0.357. The number of fused-ring (bicyclic) bond motifs is 9. The summed E-state index contributed by atoms with van der Waals surface area (Å²) < 4.78 is 18.9. The van der Waals surface area contributed by atoms with Crippen molar-refractivity contribution < 1.29 is 23.5 Å². The largest absolute Gasteiger partial charge is 0.497 e. The van der Waals surface area contributed by atoms with Crippen molar-refractivity contribution in [3.05, 3.63) is 74.5 Å². The van der Waals surface area contributed by atoms with Gasteiger partial charge in [0.05, 0.1) is 24.0 Å². The lowest BCUT2D eigenvalue weighted by Crippen LogP contribution is -2.42. The molecule has 0 spiro atoms. The van der Waals surface area contributed by atoms with Gasteiger partial charge in [-0.05, 0) is 66.1 Å². The molecule has 1 saturated heterocycles. The molecule has 7 unspecified atom stereocenters. The van der Waals surface area contributed by atoms with Crippen LogP contribution in [-0.2, 0) is 14.4 Å². The number of aromatic amines is 1. The number of anilines is 1. The van der Waals surface area contributed by atoms with Gasteiger partial charge in [0, 0.05) is 21.7 Å². The van der Waals surface area contributed by atoms with E-state index in [2.05, 4.69) is 10.3 Å². The first kappa shape index (κ1) is 24.6. The van der Waals surface area contributed by atoms with Crippen LogP contribution in [0.2, 0.25) is 0 Å². The lowest BCUT2D eigenvalue weighted by Gasteiger charge is -2.43. The highest BCUT2D eigenvalue weighted by molar-refractivity contribution is 8.00. The second-order valence-electron chi connectivity index (χ2n) is 10.6. The normalized spacial score (nSPS) is 30.2. The molecule has 11 heteroatoms. The maximum absolute atomic E-state index is 13.8. The first-order valence-corrected chi connectivity index (χ1v) is 14.5. The number of methoxy groups -OCH3 is 1. The fourth-order valence-corrected chi connectivity index (χ4v) is 10.2. The summed E-state index contributed by atoms with van der Waals surface area (Å²) in [5.41, 5.74) is 1.45. The molecule has 2 aliphatic heterocycles. The molecular weight excluding hydrogens is 541 g/mol. The van der Waals surface area contributed by atoms with E-state index in [9.17, 15) is 23.6 Å². The maximum atomic E-state index is 13.8. The van der Waals surface area contributed by atoms with Gasteiger partial charge < -0.3 is 15.0 Å². The quantitative estimate of drug-likeness (QED) is 0.457. The number of carbonyl (C=O) groups excluding carboxylic acids is 3. The van der Waals surface area contributed by atoms with Crippen molar-refractivity contribution in [3.8, 4) is 5.75 Å². The number of imide groups is 1. The van der Waals surface area contributed by atoms with Crippen molar-refractivity contribution in [2.24, 2.45) is 29.6 Å². The molecule has 3 fully saturated rings. The lowest BCUT2D eigenvalue weighted by molar-refractivity contribution is -0.143. The minimum absolute atomic E-state index is 0.0236. The summed E-state index contributed by atoms with van der Waals surface area (Å²) in [5, 5.41) is 3.59. The van der Waals surface area contributed by atoms with Gasteiger partial charge in [-0.1, -0.05) is 23.5 Å². The van der Waals surface area contributed by atoms with Gasteiger partial charge in [0.2, 0.25) is 17.7 Å². The Morgan fingerprint density at radius 3 is 2.44 bits per heavy atom. The van der Waals surface area contributed by atoms with E-state index < -0.39 is 17.7 Å². The molecule has 3 heterocycles. The molecular formula is C28H24FN3O5S2. The third-order valence-electron chi connectivity index (χ3n) is 8.72. The number of hydrogen-bond acceptors (Lipinski definition) is 7. The molecule has 200 valence electrons. The molecule has 2 saturated carbocycles. The summed E-state index contributed by atoms with van der Waals surface area (Å²) >= 11 is 2.76. The van der Waals surface area contributed by atoms with Gasteiger partial charge in [0.1, 0.15) is 18.1 Å². The Morgan fingerprint density at radius 2 is 1.74 bits per heavy atom. The average molecular weight is 566 g/mol. The average Bonchev–Trinajstić information content (AvgIpc) is 3.66. The molecule has 3 amide bonds. The number of halogens is 1.